The van der Waals surface area contributed by atoms with Crippen molar-refractivity contribution in [1.29, 1.82) is 0 Å². The van der Waals surface area contributed by atoms with Gasteiger partial charge in [0.1, 0.15) is 40.2 Å². The summed E-state index contributed by atoms with van der Waals surface area (Å²) in [4.78, 5) is 61.9. The number of thiazole rings is 1. The molecule has 4 amide bonds. The van der Waals surface area contributed by atoms with Gasteiger partial charge in [-0.2, -0.15) is 0 Å². The van der Waals surface area contributed by atoms with Crippen molar-refractivity contribution in [2.24, 2.45) is 11.3 Å². The molecule has 3 aliphatic carbocycles. The maximum Gasteiger partial charge on any atom is 0.408 e. The largest absolute Gasteiger partial charge is 0.497 e. The van der Waals surface area contributed by atoms with E-state index in [4.69, 9.17) is 19.2 Å². The number of carbonyl (C=O) groups is 4. The van der Waals surface area contributed by atoms with E-state index in [1.165, 1.54) is 22.3 Å². The Morgan fingerprint density at radius 3 is 2.42 bits per heavy atom. The van der Waals surface area contributed by atoms with Crippen LogP contribution in [0.2, 0.25) is 0 Å². The number of hydrogen-bond acceptors (Lipinski definition) is 11. The van der Waals surface area contributed by atoms with Gasteiger partial charge in [0.15, 0.2) is 0 Å². The van der Waals surface area contributed by atoms with Crippen LogP contribution in [0.5, 0.6) is 11.5 Å². The highest BCUT2D eigenvalue weighted by atomic mass is 32.2. The van der Waals surface area contributed by atoms with Gasteiger partial charge in [-0.05, 0) is 68.9 Å². The summed E-state index contributed by atoms with van der Waals surface area (Å²) in [5.74, 6) is -1.61. The molecule has 2 heterocycles. The van der Waals surface area contributed by atoms with Crippen LogP contribution in [-0.4, -0.2) is 91.9 Å². The molecular formula is C37H49N5O9S2. The minimum absolute atomic E-state index is 0.103. The van der Waals surface area contributed by atoms with E-state index in [1.54, 1.807) is 20.3 Å². The van der Waals surface area contributed by atoms with Crippen molar-refractivity contribution in [3.8, 4) is 22.1 Å². The first kappa shape index (κ1) is 38.5. The molecule has 0 bridgehead atoms. The highest BCUT2D eigenvalue weighted by Crippen LogP contribution is 2.46. The third kappa shape index (κ3) is 8.17. The number of ether oxygens (including phenoxy) is 3. The maximum absolute atomic E-state index is 14.6. The van der Waals surface area contributed by atoms with Gasteiger partial charge in [-0.25, -0.2) is 18.2 Å². The number of sulfonamides is 1. The van der Waals surface area contributed by atoms with Crippen molar-refractivity contribution in [1.82, 2.24) is 25.2 Å². The fourth-order valence-electron chi connectivity index (χ4n) is 7.26. The Morgan fingerprint density at radius 2 is 1.81 bits per heavy atom. The smallest absolute Gasteiger partial charge is 0.408 e. The number of methoxy groups -OCH3 is 2. The van der Waals surface area contributed by atoms with Gasteiger partial charge in [0, 0.05) is 29.8 Å². The zero-order chi connectivity index (χ0) is 38.3. The van der Waals surface area contributed by atoms with Crippen molar-refractivity contribution in [3.05, 3.63) is 41.9 Å². The second-order valence-corrected chi connectivity index (χ2v) is 18.3. The molecule has 0 unspecified atom stereocenters. The van der Waals surface area contributed by atoms with E-state index in [1.807, 2.05) is 38.3 Å². The van der Waals surface area contributed by atoms with E-state index in [-0.39, 0.29) is 31.4 Å². The van der Waals surface area contributed by atoms with Crippen molar-refractivity contribution < 1.29 is 41.8 Å². The Bertz CT molecular complexity index is 1860. The number of carbonyl (C=O) groups excluding carboxylic acids is 4. The van der Waals surface area contributed by atoms with E-state index >= 15 is 0 Å². The lowest BCUT2D eigenvalue weighted by molar-refractivity contribution is -0.142. The van der Waals surface area contributed by atoms with Gasteiger partial charge in [0.2, 0.25) is 21.8 Å². The normalized spacial score (nSPS) is 24.9. The third-order valence-corrected chi connectivity index (χ3v) is 13.4. The summed E-state index contributed by atoms with van der Waals surface area (Å²) >= 11 is 1.40. The molecule has 14 nitrogen and oxygen atoms in total. The van der Waals surface area contributed by atoms with Gasteiger partial charge in [-0.15, -0.1) is 17.9 Å². The van der Waals surface area contributed by atoms with Crippen LogP contribution in [-0.2, 0) is 29.1 Å². The molecule has 16 heteroatoms. The number of nitrogens with one attached hydrogen (secondary N) is 3. The lowest BCUT2D eigenvalue weighted by Gasteiger charge is -2.35. The summed E-state index contributed by atoms with van der Waals surface area (Å²) in [6, 6.07) is 3.30. The zero-order valence-electron chi connectivity index (χ0n) is 30.8. The molecule has 5 atom stereocenters. The molecule has 6 rings (SSSR count). The van der Waals surface area contributed by atoms with Gasteiger partial charge in [-0.3, -0.25) is 19.1 Å². The number of likely N-dealkylation sites (tertiary alicyclic amines) is 1. The first-order valence-corrected chi connectivity index (χ1v) is 20.5. The molecule has 3 saturated carbocycles. The molecule has 0 radical (unpaired) electrons. The standard InChI is InChI=1S/C37H49N5O9S2/c1-7-22-18-37(22,34(45)41-53(47,48)25-13-14-25)40-31(43)28-16-21(27-20-52-32(38-27)26-15-12-24(49-5)17-29(26)50-6)19-42(28)33(44)30(36(2,3)4)39-35(46)51-23-10-8-9-11-23/h7,12,15,17,20-23,25,28,30H,1,8-11,13-14,16,18-19H2,2-6H3,(H,39,46)(H,40,43)(H,41,45)/t21-,22-,28+,30-,37-/m1/s1. The minimum atomic E-state index is -3.89. The van der Waals surface area contributed by atoms with Gasteiger partial charge >= 0.3 is 6.09 Å². The Balaban J connectivity index is 1.28. The number of rotatable bonds is 13. The monoisotopic (exact) mass is 771 g/mol. The van der Waals surface area contributed by atoms with Crippen LogP contribution in [0.3, 0.4) is 0 Å². The summed E-state index contributed by atoms with van der Waals surface area (Å²) in [7, 11) is -0.759. The van der Waals surface area contributed by atoms with Crippen LogP contribution < -0.4 is 24.8 Å². The van der Waals surface area contributed by atoms with Crippen LogP contribution >= 0.6 is 11.3 Å². The Labute approximate surface area is 314 Å². The quantitative estimate of drug-likeness (QED) is 0.249. The molecule has 3 N–H and O–H groups in total. The highest BCUT2D eigenvalue weighted by Gasteiger charge is 2.62. The third-order valence-electron chi connectivity index (χ3n) is 10.7. The lowest BCUT2D eigenvalue weighted by Crippen LogP contribution is -2.60. The highest BCUT2D eigenvalue weighted by molar-refractivity contribution is 7.91. The number of aromatic nitrogens is 1. The second-order valence-electron chi connectivity index (χ2n) is 15.5. The van der Waals surface area contributed by atoms with Crippen LogP contribution in [0.4, 0.5) is 4.79 Å². The molecule has 53 heavy (non-hydrogen) atoms. The fourth-order valence-corrected chi connectivity index (χ4v) is 9.55. The van der Waals surface area contributed by atoms with Crippen molar-refractivity contribution in [3.63, 3.8) is 0 Å². The van der Waals surface area contributed by atoms with E-state index in [9.17, 15) is 27.6 Å². The van der Waals surface area contributed by atoms with Crippen molar-refractivity contribution in [2.45, 2.75) is 107 Å². The van der Waals surface area contributed by atoms with Gasteiger partial charge in [0.25, 0.3) is 5.91 Å². The van der Waals surface area contributed by atoms with Crippen LogP contribution in [0.25, 0.3) is 10.6 Å². The maximum atomic E-state index is 14.6. The van der Waals surface area contributed by atoms with Gasteiger partial charge in [-0.1, -0.05) is 26.8 Å². The van der Waals surface area contributed by atoms with Crippen molar-refractivity contribution in [2.75, 3.05) is 20.8 Å². The molecule has 1 aromatic heterocycles. The molecule has 0 spiro atoms. The van der Waals surface area contributed by atoms with Crippen LogP contribution in [0, 0.1) is 11.3 Å². The number of nitrogens with zero attached hydrogens (tertiary/aromatic N) is 2. The number of amides is 4. The SMILES string of the molecule is C=C[C@@H]1C[C@]1(NC(=O)[C@@H]1C[C@@H](c2csc(-c3ccc(OC)cc3OC)n2)CN1C(=O)[C@@H](NC(=O)OC1CCCC1)C(C)(C)C)C(=O)NS(=O)(=O)C1CC1. The second kappa shape index (κ2) is 14.9. The van der Waals surface area contributed by atoms with Crippen LogP contribution in [0.1, 0.15) is 83.7 Å². The average molecular weight is 772 g/mol. The van der Waals surface area contributed by atoms with Gasteiger partial charge in [0.05, 0.1) is 30.7 Å². The molecule has 1 saturated heterocycles. The summed E-state index contributed by atoms with van der Waals surface area (Å²) < 4.78 is 44.2. The predicted molar refractivity (Wildman–Crippen MR) is 198 cm³/mol. The Morgan fingerprint density at radius 1 is 1.09 bits per heavy atom. The topological polar surface area (TPSA) is 182 Å². The van der Waals surface area contributed by atoms with E-state index in [2.05, 4.69) is 21.9 Å². The van der Waals surface area contributed by atoms with E-state index < -0.39 is 68.0 Å². The van der Waals surface area contributed by atoms with E-state index in [0.29, 0.717) is 35.0 Å². The average Bonchev–Trinajstić information content (AvgIpc) is 3.88. The minimum Gasteiger partial charge on any atom is -0.497 e. The molecule has 1 aliphatic heterocycles. The Kier molecular flexibility index (Phi) is 10.9. The molecule has 288 valence electrons. The lowest BCUT2D eigenvalue weighted by atomic mass is 9.85. The summed E-state index contributed by atoms with van der Waals surface area (Å²) in [5.41, 5.74) is -0.887. The molecule has 1 aromatic carbocycles. The number of benzene rings is 1. The molecule has 4 aliphatic rings. The van der Waals surface area contributed by atoms with Crippen LogP contribution in [0.15, 0.2) is 36.2 Å². The fraction of sp³-hybridized carbons (Fsp3) is 0.595. The summed E-state index contributed by atoms with van der Waals surface area (Å²) in [6.07, 6.45) is 5.33. The predicted octanol–water partition coefficient (Wildman–Crippen LogP) is 4.26. The van der Waals surface area contributed by atoms with Crippen molar-refractivity contribution >= 4 is 45.2 Å². The molecular weight excluding hydrogens is 723 g/mol. The first-order valence-electron chi connectivity index (χ1n) is 18.1. The zero-order valence-corrected chi connectivity index (χ0v) is 32.4. The summed E-state index contributed by atoms with van der Waals surface area (Å²) in [5, 5.41) is 7.56. The number of alkyl carbamates (subject to hydrolysis) is 1. The first-order chi connectivity index (χ1) is 25.1. The number of hydrogen-bond donors (Lipinski definition) is 3. The molecule has 2 aromatic rings. The summed E-state index contributed by atoms with van der Waals surface area (Å²) in [6.45, 7) is 9.35. The molecule has 4 fully saturated rings. The Hall–Kier alpha value is -4.18. The van der Waals surface area contributed by atoms with Gasteiger partial charge < -0.3 is 29.7 Å². The van der Waals surface area contributed by atoms with E-state index in [0.717, 1.165) is 31.2 Å².